The van der Waals surface area contributed by atoms with Gasteiger partial charge in [0, 0.05) is 30.2 Å². The Morgan fingerprint density at radius 1 is 1.22 bits per heavy atom. The van der Waals surface area contributed by atoms with Gasteiger partial charge in [0.25, 0.3) is 5.91 Å². The number of fused-ring (bicyclic) bond motifs is 1. The van der Waals surface area contributed by atoms with Crippen molar-refractivity contribution in [2.24, 2.45) is 0 Å². The van der Waals surface area contributed by atoms with E-state index in [4.69, 9.17) is 9.47 Å². The number of rotatable bonds is 7. The third-order valence-corrected chi connectivity index (χ3v) is 5.99. The van der Waals surface area contributed by atoms with Crippen LogP contribution >= 0.6 is 11.3 Å². The summed E-state index contributed by atoms with van der Waals surface area (Å²) in [7, 11) is 1.67. The molecule has 7 nitrogen and oxygen atoms in total. The van der Waals surface area contributed by atoms with Gasteiger partial charge < -0.3 is 14.8 Å². The summed E-state index contributed by atoms with van der Waals surface area (Å²) in [6.45, 7) is 4.38. The van der Waals surface area contributed by atoms with Gasteiger partial charge in [-0.05, 0) is 55.3 Å². The van der Waals surface area contributed by atoms with Crippen LogP contribution in [0.4, 0.5) is 11.4 Å². The van der Waals surface area contributed by atoms with Crippen LogP contribution in [-0.4, -0.2) is 43.7 Å². The number of methoxy groups -OCH3 is 1. The number of carbonyl (C=O) groups is 2. The number of thiazole rings is 1. The van der Waals surface area contributed by atoms with E-state index in [0.717, 1.165) is 33.8 Å². The predicted octanol–water partition coefficient (Wildman–Crippen LogP) is 3.98. The van der Waals surface area contributed by atoms with Gasteiger partial charge in [0.05, 0.1) is 23.0 Å². The van der Waals surface area contributed by atoms with E-state index in [-0.39, 0.29) is 25.0 Å². The molecule has 3 aromatic rings. The van der Waals surface area contributed by atoms with Crippen molar-refractivity contribution in [3.63, 3.8) is 0 Å². The van der Waals surface area contributed by atoms with Crippen molar-refractivity contribution in [1.82, 2.24) is 4.98 Å². The number of hydrogen-bond donors (Lipinski definition) is 1. The second kappa shape index (κ2) is 9.50. The average Bonchev–Trinajstić information content (AvgIpc) is 3.22. The lowest BCUT2D eigenvalue weighted by atomic mass is 10.1. The summed E-state index contributed by atoms with van der Waals surface area (Å²) in [4.78, 5) is 31.5. The van der Waals surface area contributed by atoms with Crippen LogP contribution in [0.3, 0.4) is 0 Å². The van der Waals surface area contributed by atoms with Crippen molar-refractivity contribution in [2.45, 2.75) is 20.3 Å². The summed E-state index contributed by atoms with van der Waals surface area (Å²) in [6, 6.07) is 11.4. The smallest absolute Gasteiger partial charge is 0.265 e. The maximum atomic E-state index is 12.7. The molecular formula is C24H25N3O4S. The van der Waals surface area contributed by atoms with Gasteiger partial charge in [0.2, 0.25) is 5.91 Å². The molecule has 0 saturated heterocycles. The van der Waals surface area contributed by atoms with E-state index in [0.29, 0.717) is 23.7 Å². The number of amides is 2. The topological polar surface area (TPSA) is 80.8 Å². The molecule has 2 heterocycles. The van der Waals surface area contributed by atoms with Crippen LogP contribution < -0.4 is 15.0 Å². The fourth-order valence-electron chi connectivity index (χ4n) is 3.67. The van der Waals surface area contributed by atoms with Crippen LogP contribution in [0.1, 0.15) is 16.1 Å². The van der Waals surface area contributed by atoms with Gasteiger partial charge in [-0.2, -0.15) is 0 Å². The Balaban J connectivity index is 1.55. The molecule has 0 bridgehead atoms. The Morgan fingerprint density at radius 2 is 2.00 bits per heavy atom. The molecule has 0 aliphatic carbocycles. The van der Waals surface area contributed by atoms with E-state index in [1.807, 2.05) is 55.6 Å². The van der Waals surface area contributed by atoms with Crippen molar-refractivity contribution in [1.29, 1.82) is 0 Å². The third-order valence-electron chi connectivity index (χ3n) is 5.08. The molecular weight excluding hydrogens is 426 g/mol. The highest BCUT2D eigenvalue weighted by atomic mass is 32.1. The number of ether oxygens (including phenoxy) is 2. The zero-order valence-corrected chi connectivity index (χ0v) is 19.1. The van der Waals surface area contributed by atoms with E-state index in [2.05, 4.69) is 10.3 Å². The summed E-state index contributed by atoms with van der Waals surface area (Å²) < 4.78 is 10.7. The first kappa shape index (κ1) is 22.0. The molecule has 0 unspecified atom stereocenters. The molecule has 1 N–H and O–H groups in total. The monoisotopic (exact) mass is 451 g/mol. The maximum absolute atomic E-state index is 12.7. The van der Waals surface area contributed by atoms with Crippen molar-refractivity contribution in [2.75, 3.05) is 37.1 Å². The lowest BCUT2D eigenvalue weighted by Gasteiger charge is -2.29. The normalized spacial score (nSPS) is 13.0. The third kappa shape index (κ3) is 4.98. The van der Waals surface area contributed by atoms with Crippen molar-refractivity contribution >= 4 is 34.5 Å². The first-order chi connectivity index (χ1) is 15.4. The van der Waals surface area contributed by atoms with E-state index >= 15 is 0 Å². The molecule has 0 spiro atoms. The molecule has 2 amide bonds. The predicted molar refractivity (Wildman–Crippen MR) is 126 cm³/mol. The zero-order chi connectivity index (χ0) is 22.7. The van der Waals surface area contributed by atoms with E-state index in [9.17, 15) is 9.59 Å². The molecule has 0 saturated carbocycles. The number of anilines is 2. The quantitative estimate of drug-likeness (QED) is 0.588. The Kier molecular flexibility index (Phi) is 6.53. The minimum Gasteiger partial charge on any atom is -0.482 e. The molecule has 0 atom stereocenters. The first-order valence-electron chi connectivity index (χ1n) is 10.3. The van der Waals surface area contributed by atoms with Gasteiger partial charge in [-0.3, -0.25) is 14.5 Å². The fraction of sp³-hybridized carbons (Fsp3) is 0.292. The van der Waals surface area contributed by atoms with Gasteiger partial charge in [-0.25, -0.2) is 4.98 Å². The van der Waals surface area contributed by atoms with Crippen LogP contribution in [0.25, 0.3) is 11.3 Å². The molecule has 8 heteroatoms. The van der Waals surface area contributed by atoms with Crippen LogP contribution in [-0.2, 0) is 20.7 Å². The minimum atomic E-state index is -0.267. The summed E-state index contributed by atoms with van der Waals surface area (Å²) in [5.41, 5.74) is 5.09. The lowest BCUT2D eigenvalue weighted by Crippen LogP contribution is -2.43. The van der Waals surface area contributed by atoms with Crippen LogP contribution in [0, 0.1) is 13.8 Å². The minimum absolute atomic E-state index is 0.0954. The number of carbonyl (C=O) groups excluding carboxylic acids is 2. The molecule has 4 rings (SSSR count). The number of nitrogens with one attached hydrogen (secondary N) is 1. The van der Waals surface area contributed by atoms with Gasteiger partial charge in [-0.1, -0.05) is 6.07 Å². The maximum Gasteiger partial charge on any atom is 0.265 e. The Bertz CT molecular complexity index is 1140. The van der Waals surface area contributed by atoms with Crippen molar-refractivity contribution in [3.8, 4) is 17.0 Å². The largest absolute Gasteiger partial charge is 0.482 e. The van der Waals surface area contributed by atoms with Gasteiger partial charge in [0.1, 0.15) is 12.3 Å². The SMILES string of the molecule is COCCc1nc(-c2ccc3c(c2)N(CC(=O)Nc2cc(C)cc(C)c2)C(=O)CO3)cs1. The van der Waals surface area contributed by atoms with Crippen LogP contribution in [0.2, 0.25) is 0 Å². The Morgan fingerprint density at radius 3 is 2.75 bits per heavy atom. The lowest BCUT2D eigenvalue weighted by molar-refractivity contribution is -0.123. The van der Waals surface area contributed by atoms with Gasteiger partial charge >= 0.3 is 0 Å². The molecule has 1 aliphatic heterocycles. The van der Waals surface area contributed by atoms with Crippen LogP contribution in [0.15, 0.2) is 41.8 Å². The van der Waals surface area contributed by atoms with E-state index in [1.54, 1.807) is 18.4 Å². The number of aryl methyl sites for hydroxylation is 2. The van der Waals surface area contributed by atoms with E-state index < -0.39 is 0 Å². The molecule has 1 aliphatic rings. The van der Waals surface area contributed by atoms with Gasteiger partial charge in [0.15, 0.2) is 6.61 Å². The Hall–Kier alpha value is -3.23. The number of hydrogen-bond acceptors (Lipinski definition) is 6. The summed E-state index contributed by atoms with van der Waals surface area (Å²) in [6.07, 6.45) is 0.748. The highest BCUT2D eigenvalue weighted by molar-refractivity contribution is 7.09. The number of nitrogens with zero attached hydrogens (tertiary/aromatic N) is 2. The Labute approximate surface area is 191 Å². The molecule has 0 fully saturated rings. The zero-order valence-electron chi connectivity index (χ0n) is 18.3. The second-order valence-electron chi connectivity index (χ2n) is 7.74. The van der Waals surface area contributed by atoms with E-state index in [1.165, 1.54) is 4.90 Å². The summed E-state index contributed by atoms with van der Waals surface area (Å²) in [5, 5.41) is 5.86. The standard InChI is InChI=1S/C24H25N3O4S/c1-15-8-16(2)10-18(9-15)25-22(28)12-27-20-11-17(4-5-21(20)31-13-24(27)29)19-14-32-23(26-19)6-7-30-3/h4-5,8-11,14H,6-7,12-13H2,1-3H3,(H,25,28). The van der Waals surface area contributed by atoms with Gasteiger partial charge in [-0.15, -0.1) is 11.3 Å². The molecule has 32 heavy (non-hydrogen) atoms. The molecule has 166 valence electrons. The summed E-state index contributed by atoms with van der Waals surface area (Å²) >= 11 is 1.57. The number of benzene rings is 2. The van der Waals surface area contributed by atoms with Crippen molar-refractivity contribution < 1.29 is 19.1 Å². The number of aromatic nitrogens is 1. The highest BCUT2D eigenvalue weighted by Gasteiger charge is 2.28. The second-order valence-corrected chi connectivity index (χ2v) is 8.69. The molecule has 0 radical (unpaired) electrons. The molecule has 2 aromatic carbocycles. The molecule has 1 aromatic heterocycles. The first-order valence-corrected chi connectivity index (χ1v) is 11.2. The van der Waals surface area contributed by atoms with Crippen LogP contribution in [0.5, 0.6) is 5.75 Å². The summed E-state index contributed by atoms with van der Waals surface area (Å²) in [5.74, 6) is 0.0452. The average molecular weight is 452 g/mol. The van der Waals surface area contributed by atoms with Crippen molar-refractivity contribution in [3.05, 3.63) is 57.9 Å². The fourth-order valence-corrected chi connectivity index (χ4v) is 4.46. The highest BCUT2D eigenvalue weighted by Crippen LogP contribution is 2.36.